The van der Waals surface area contributed by atoms with Gasteiger partial charge in [-0.25, -0.2) is 0 Å². The molecule has 13 heavy (non-hydrogen) atoms. The summed E-state index contributed by atoms with van der Waals surface area (Å²) in [6.07, 6.45) is 0.975. The number of nitrogens with two attached hydrogens (primary N) is 2. The molecule has 78 valence electrons. The van der Waals surface area contributed by atoms with Crippen molar-refractivity contribution in [1.82, 2.24) is 5.32 Å². The van der Waals surface area contributed by atoms with Crippen LogP contribution in [0.4, 0.5) is 0 Å². The van der Waals surface area contributed by atoms with Gasteiger partial charge in [-0.2, -0.15) is 0 Å². The summed E-state index contributed by atoms with van der Waals surface area (Å²) >= 11 is 0. The Morgan fingerprint density at radius 3 is 2.54 bits per heavy atom. The van der Waals surface area contributed by atoms with Crippen LogP contribution < -0.4 is 16.8 Å². The normalized spacial score (nSPS) is 11.2. The number of carboxylic acids is 1. The molecule has 0 aliphatic rings. The van der Waals surface area contributed by atoms with Crippen LogP contribution in [0.15, 0.2) is 0 Å². The van der Waals surface area contributed by atoms with Crippen molar-refractivity contribution < 1.29 is 29.4 Å². The fourth-order valence-electron chi connectivity index (χ4n) is 0.669. The Balaban J connectivity index is 0. The third-order valence-corrected chi connectivity index (χ3v) is 1.32. The molecular formula is C6H14N4O2Ru. The predicted octanol–water partition coefficient (Wildman–Crippen LogP) is -1.34. The predicted molar refractivity (Wildman–Crippen MR) is 44.8 cm³/mol. The number of guanidine groups is 1. The van der Waals surface area contributed by atoms with E-state index in [9.17, 15) is 4.79 Å². The Kier molecular flexibility index (Phi) is 9.06. The zero-order valence-electron chi connectivity index (χ0n) is 7.06. The van der Waals surface area contributed by atoms with Gasteiger partial charge in [-0.15, -0.1) is 0 Å². The van der Waals surface area contributed by atoms with Crippen LogP contribution in [0.5, 0.6) is 0 Å². The topological polar surface area (TPSA) is 125 Å². The summed E-state index contributed by atoms with van der Waals surface area (Å²) < 4.78 is 0. The maximum atomic E-state index is 10.2. The van der Waals surface area contributed by atoms with E-state index < -0.39 is 12.0 Å². The fraction of sp³-hybridized carbons (Fsp3) is 0.667. The van der Waals surface area contributed by atoms with Gasteiger partial charge in [0.25, 0.3) is 0 Å². The number of hydrogen-bond donors (Lipinski definition) is 5. The fourth-order valence-corrected chi connectivity index (χ4v) is 0.669. The summed E-state index contributed by atoms with van der Waals surface area (Å²) in [5, 5.41) is 17.7. The molecule has 0 aromatic carbocycles. The van der Waals surface area contributed by atoms with Crippen molar-refractivity contribution in [3.05, 3.63) is 0 Å². The van der Waals surface area contributed by atoms with Crippen molar-refractivity contribution in [2.24, 2.45) is 11.5 Å². The number of aliphatic carboxylic acids is 1. The van der Waals surface area contributed by atoms with E-state index in [1.807, 2.05) is 0 Å². The molecule has 0 fully saturated rings. The van der Waals surface area contributed by atoms with Gasteiger partial charge < -0.3 is 21.9 Å². The Bertz CT molecular complexity index is 176. The minimum atomic E-state index is -1.00. The molecule has 0 heterocycles. The molecule has 0 radical (unpaired) electrons. The second-order valence-corrected chi connectivity index (χ2v) is 2.43. The monoisotopic (exact) mass is 276 g/mol. The van der Waals surface area contributed by atoms with Crippen LogP contribution in [0.3, 0.4) is 0 Å². The van der Waals surface area contributed by atoms with Crippen LogP contribution in [-0.4, -0.2) is 29.6 Å². The van der Waals surface area contributed by atoms with Gasteiger partial charge in [0, 0.05) is 26.0 Å². The molecular weight excluding hydrogens is 261 g/mol. The van der Waals surface area contributed by atoms with Crippen molar-refractivity contribution in [1.29, 1.82) is 5.41 Å². The quantitative estimate of drug-likeness (QED) is 0.184. The van der Waals surface area contributed by atoms with Gasteiger partial charge in [-0.3, -0.25) is 10.2 Å². The van der Waals surface area contributed by atoms with Crippen molar-refractivity contribution in [2.45, 2.75) is 18.9 Å². The van der Waals surface area contributed by atoms with E-state index in [4.69, 9.17) is 22.0 Å². The molecule has 1 atom stereocenters. The number of hydrogen-bond acceptors (Lipinski definition) is 3. The Morgan fingerprint density at radius 1 is 1.62 bits per heavy atom. The SMILES string of the molecule is N=C(N)NCCCC(N)C(=O)O.[Ru]. The first-order valence-electron chi connectivity index (χ1n) is 3.60. The Hall–Kier alpha value is -0.677. The molecule has 0 aromatic rings. The van der Waals surface area contributed by atoms with Crippen molar-refractivity contribution in [2.75, 3.05) is 6.54 Å². The van der Waals surface area contributed by atoms with Crippen molar-refractivity contribution in [3.63, 3.8) is 0 Å². The molecule has 0 bridgehead atoms. The van der Waals surface area contributed by atoms with E-state index in [1.165, 1.54) is 0 Å². The summed E-state index contributed by atoms with van der Waals surface area (Å²) in [5.74, 6) is -1.11. The van der Waals surface area contributed by atoms with Gasteiger partial charge in [0.15, 0.2) is 5.96 Å². The summed E-state index contributed by atoms with van der Waals surface area (Å²) in [6, 6.07) is -0.821. The smallest absolute Gasteiger partial charge is 0.320 e. The number of nitrogens with one attached hydrogen (secondary N) is 2. The third-order valence-electron chi connectivity index (χ3n) is 1.32. The van der Waals surface area contributed by atoms with Crippen LogP contribution in [0, 0.1) is 5.41 Å². The molecule has 0 aromatic heterocycles. The Morgan fingerprint density at radius 2 is 2.15 bits per heavy atom. The van der Waals surface area contributed by atoms with E-state index in [-0.39, 0.29) is 25.4 Å². The molecule has 7 heteroatoms. The second kappa shape index (κ2) is 7.95. The first kappa shape index (κ1) is 14.8. The average Bonchev–Trinajstić information content (AvgIpc) is 1.97. The van der Waals surface area contributed by atoms with E-state index in [0.717, 1.165) is 0 Å². The molecule has 0 spiro atoms. The summed E-state index contributed by atoms with van der Waals surface area (Å²) in [4.78, 5) is 10.2. The zero-order chi connectivity index (χ0) is 9.56. The van der Waals surface area contributed by atoms with Crippen LogP contribution in [0.25, 0.3) is 0 Å². The first-order chi connectivity index (χ1) is 5.54. The number of carboxylic acid groups (broad SMARTS) is 1. The van der Waals surface area contributed by atoms with E-state index in [1.54, 1.807) is 0 Å². The molecule has 0 saturated heterocycles. The molecule has 0 aliphatic carbocycles. The number of rotatable bonds is 5. The largest absolute Gasteiger partial charge is 0.480 e. The molecule has 7 N–H and O–H groups in total. The molecule has 0 aliphatic heterocycles. The Labute approximate surface area is 89.3 Å². The maximum Gasteiger partial charge on any atom is 0.320 e. The van der Waals surface area contributed by atoms with Gasteiger partial charge in [0.1, 0.15) is 6.04 Å². The summed E-state index contributed by atoms with van der Waals surface area (Å²) in [6.45, 7) is 0.482. The van der Waals surface area contributed by atoms with Gasteiger partial charge in [0.05, 0.1) is 0 Å². The van der Waals surface area contributed by atoms with Crippen LogP contribution in [0.2, 0.25) is 0 Å². The van der Waals surface area contributed by atoms with Gasteiger partial charge in [-0.1, -0.05) is 0 Å². The minimum absolute atomic E-state index is 0. The van der Waals surface area contributed by atoms with Crippen LogP contribution in [0.1, 0.15) is 12.8 Å². The van der Waals surface area contributed by atoms with E-state index >= 15 is 0 Å². The van der Waals surface area contributed by atoms with E-state index in [2.05, 4.69) is 5.32 Å². The molecule has 0 saturated carbocycles. The number of carbonyl (C=O) groups is 1. The summed E-state index contributed by atoms with van der Waals surface area (Å²) in [5.41, 5.74) is 10.2. The minimum Gasteiger partial charge on any atom is -0.480 e. The summed E-state index contributed by atoms with van der Waals surface area (Å²) in [7, 11) is 0. The standard InChI is InChI=1S/C6H14N4O2.Ru/c7-4(5(11)12)2-1-3-10-6(8)9;/h4H,1-3,7H2,(H,11,12)(H4,8,9,10);. The molecule has 1 unspecified atom stereocenters. The maximum absolute atomic E-state index is 10.2. The molecule has 0 amide bonds. The second-order valence-electron chi connectivity index (χ2n) is 2.43. The third kappa shape index (κ3) is 9.24. The molecule has 0 rings (SSSR count). The van der Waals surface area contributed by atoms with Crippen LogP contribution >= 0.6 is 0 Å². The van der Waals surface area contributed by atoms with Gasteiger partial charge in [-0.05, 0) is 12.8 Å². The molecule has 6 nitrogen and oxygen atoms in total. The first-order valence-corrected chi connectivity index (χ1v) is 3.60. The van der Waals surface area contributed by atoms with Crippen molar-refractivity contribution in [3.8, 4) is 0 Å². The van der Waals surface area contributed by atoms with Crippen LogP contribution in [-0.2, 0) is 24.3 Å². The van der Waals surface area contributed by atoms with Gasteiger partial charge >= 0.3 is 5.97 Å². The average molecular weight is 275 g/mol. The van der Waals surface area contributed by atoms with E-state index in [0.29, 0.717) is 19.4 Å². The zero-order valence-corrected chi connectivity index (χ0v) is 8.80. The van der Waals surface area contributed by atoms with Gasteiger partial charge in [0.2, 0.25) is 0 Å². The van der Waals surface area contributed by atoms with Crippen molar-refractivity contribution >= 4 is 11.9 Å².